The van der Waals surface area contributed by atoms with E-state index in [-0.39, 0.29) is 40.5 Å². The first-order valence-electron chi connectivity index (χ1n) is 34.4. The van der Waals surface area contributed by atoms with E-state index in [1.807, 2.05) is 169 Å². The topological polar surface area (TPSA) is 161 Å². The first-order valence-corrected chi connectivity index (χ1v) is 37.4. The van der Waals surface area contributed by atoms with Gasteiger partial charge in [0, 0.05) is 127 Å². The molecule has 88 heavy (non-hydrogen) atoms. The molecule has 6 heterocycles. The van der Waals surface area contributed by atoms with Crippen LogP contribution in [0, 0.1) is 11.3 Å². The van der Waals surface area contributed by atoms with Crippen LogP contribution in [0.5, 0.6) is 0 Å². The number of piperazine rings is 1. The van der Waals surface area contributed by atoms with Gasteiger partial charge in [-0.1, -0.05) is 118 Å². The number of ether oxygens (including phenoxy) is 1. The number of likely N-dealkylation sites (tertiary alicyclic amines) is 1. The maximum Gasteiger partial charge on any atom is 0.320 e. The summed E-state index contributed by atoms with van der Waals surface area (Å²) in [6, 6.07) is 0.224. The fraction of sp³-hybridized carbons (Fsp3) is 0.956. The van der Waals surface area contributed by atoms with Crippen molar-refractivity contribution >= 4 is 38.1 Å². The molecule has 0 spiro atoms. The van der Waals surface area contributed by atoms with Crippen molar-refractivity contribution in [3.63, 3.8) is 0 Å². The van der Waals surface area contributed by atoms with Gasteiger partial charge in [-0.2, -0.15) is 17.0 Å². The van der Waals surface area contributed by atoms with Crippen LogP contribution < -0.4 is 0 Å². The van der Waals surface area contributed by atoms with Gasteiger partial charge in [0.05, 0.1) is 13.2 Å². The third kappa shape index (κ3) is 40.7. The zero-order valence-electron chi connectivity index (χ0n) is 65.6. The number of likely N-dealkylation sites (N-methyl/N-ethyl adjacent to an activating group) is 4. The molecule has 1 aliphatic carbocycles. The normalized spacial score (nSPS) is 19.8. The summed E-state index contributed by atoms with van der Waals surface area (Å²) in [6.07, 6.45) is 5.75. The molecule has 0 aromatic carbocycles. The van der Waals surface area contributed by atoms with Crippen LogP contribution in [0.25, 0.3) is 0 Å². The molecule has 7 rings (SSSR count). The Bertz CT molecular complexity index is 1950. The van der Waals surface area contributed by atoms with Gasteiger partial charge < -0.3 is 24.3 Å². The minimum atomic E-state index is -3.10. The van der Waals surface area contributed by atoms with Crippen molar-refractivity contribution < 1.29 is 36.0 Å². The maximum atomic E-state index is 11.5. The minimum absolute atomic E-state index is 0.0259. The molecule has 0 aromatic heterocycles. The lowest BCUT2D eigenvalue weighted by Gasteiger charge is -2.40. The summed E-state index contributed by atoms with van der Waals surface area (Å²) in [5, 5.41) is 0. The maximum absolute atomic E-state index is 11.5. The van der Waals surface area contributed by atoms with Crippen molar-refractivity contribution in [2.45, 2.75) is 295 Å². The summed E-state index contributed by atoms with van der Waals surface area (Å²) < 4.78 is 55.4. The Labute approximate surface area is 550 Å². The van der Waals surface area contributed by atoms with E-state index in [9.17, 15) is 31.2 Å². The number of carbonyl (C=O) groups is 3. The molecule has 0 atom stereocenters. The van der Waals surface area contributed by atoms with Crippen molar-refractivity contribution in [3.05, 3.63) is 0 Å². The van der Waals surface area contributed by atoms with Gasteiger partial charge in [-0.05, 0) is 168 Å². The Morgan fingerprint density at radius 1 is 0.398 bits per heavy atom. The summed E-state index contributed by atoms with van der Waals surface area (Å²) in [4.78, 5) is 48.0. The molecule has 6 aliphatic heterocycles. The van der Waals surface area contributed by atoms with Crippen LogP contribution in [0.1, 0.15) is 261 Å². The molecule has 0 aromatic rings. The van der Waals surface area contributed by atoms with Crippen LogP contribution in [-0.4, -0.2) is 241 Å². The first-order chi connectivity index (χ1) is 40.3. The molecule has 0 N–H and O–H groups in total. The Kier molecular flexibility index (Phi) is 54.8. The highest BCUT2D eigenvalue weighted by Crippen LogP contribution is 2.44. The van der Waals surface area contributed by atoms with E-state index in [0.29, 0.717) is 49.2 Å². The van der Waals surface area contributed by atoms with E-state index < -0.39 is 26.1 Å². The molecule has 536 valence electrons. The van der Waals surface area contributed by atoms with Crippen molar-refractivity contribution in [3.8, 4) is 0 Å². The summed E-state index contributed by atoms with van der Waals surface area (Å²) >= 11 is 0. The van der Waals surface area contributed by atoms with Crippen LogP contribution in [0.15, 0.2) is 0 Å². The number of hydrogen-bond donors (Lipinski definition) is 0. The molecule has 6 saturated heterocycles. The van der Waals surface area contributed by atoms with Gasteiger partial charge >= 0.3 is 17.8 Å². The largest absolute Gasteiger partial charge is 0.379 e. The third-order valence-electron chi connectivity index (χ3n) is 14.4. The zero-order valence-corrected chi connectivity index (χ0v) is 67.3. The van der Waals surface area contributed by atoms with Crippen LogP contribution in [0.3, 0.4) is 0 Å². The van der Waals surface area contributed by atoms with Crippen molar-refractivity contribution in [2.24, 2.45) is 11.3 Å². The standard InChI is InChI=1S/C9H16N2O2.C8H18N2O2S.C8H16N2O.C8H17NO.C8H17N.C7H14.C6H14N2O2S.7C2H6/c1-9(2,3)11-6-5-10(4)7(12)8(11)13;1-8(2,3)10-6-5-9(4)13(11,12)7-10;1-8(2,3)10-6-5-9(4)7(10)11;1-8(2,3)9-4-6-10-7-5-9;1-8(2,3)9-6-4-5-7-9;1-7(2,3)6-4-5-6;1-6(2)8-5-4-7(3)11(8,9)10;7*1-2/h5-6H2,1-4H3;5-7H2,1-4H3;5-6H2,1-4H3;4-7H2,1-3H3;4-7H2,1-3H3;6H,4-5H2,1-3H3;6H,4-5H2,1-3H3;7*1-2H3. The van der Waals surface area contributed by atoms with E-state index in [2.05, 4.69) is 92.9 Å². The number of carbonyl (C=O) groups excluding carboxylic acids is 3. The Morgan fingerprint density at radius 3 is 0.977 bits per heavy atom. The molecule has 20 heteroatoms. The number of amides is 4. The lowest BCUT2D eigenvalue weighted by Crippen LogP contribution is -2.58. The van der Waals surface area contributed by atoms with Crippen LogP contribution in [0.4, 0.5) is 4.79 Å². The van der Waals surface area contributed by atoms with Gasteiger partial charge in [0.1, 0.15) is 5.88 Å². The highest BCUT2D eigenvalue weighted by atomic mass is 32.2. The minimum Gasteiger partial charge on any atom is -0.379 e. The third-order valence-corrected chi connectivity index (χ3v) is 18.4. The van der Waals surface area contributed by atoms with E-state index in [1.54, 1.807) is 30.9 Å². The predicted octanol–water partition coefficient (Wildman–Crippen LogP) is 14.1. The monoisotopic (exact) mass is 1300 g/mol. The molecule has 7 aliphatic rings. The van der Waals surface area contributed by atoms with Gasteiger partial charge in [-0.15, -0.1) is 0 Å². The van der Waals surface area contributed by atoms with E-state index in [1.165, 1.54) is 56.6 Å². The molecule has 1 saturated carbocycles. The van der Waals surface area contributed by atoms with Crippen molar-refractivity contribution in [1.82, 2.24) is 47.2 Å². The second kappa shape index (κ2) is 48.5. The smallest absolute Gasteiger partial charge is 0.320 e. The predicted molar refractivity (Wildman–Crippen MR) is 384 cm³/mol. The fourth-order valence-corrected chi connectivity index (χ4v) is 11.7. The Hall–Kier alpha value is -2.17. The van der Waals surface area contributed by atoms with Gasteiger partial charge in [0.25, 0.3) is 10.2 Å². The lowest BCUT2D eigenvalue weighted by molar-refractivity contribution is -0.158. The number of morpholine rings is 1. The van der Waals surface area contributed by atoms with Gasteiger partial charge in [-0.3, -0.25) is 24.3 Å². The number of sulfonamides is 1. The Morgan fingerprint density at radius 2 is 0.750 bits per heavy atom. The number of urea groups is 1. The second-order valence-corrected chi connectivity index (χ2v) is 31.2. The van der Waals surface area contributed by atoms with Crippen LogP contribution in [-0.2, 0) is 34.6 Å². The summed E-state index contributed by atoms with van der Waals surface area (Å²) in [6.45, 7) is 82.7. The highest BCUT2D eigenvalue weighted by molar-refractivity contribution is 7.89. The average Bonchev–Trinajstić information content (AvgIpc) is 3.96. The molecule has 0 unspecified atom stereocenters. The molecule has 0 bridgehead atoms. The second-order valence-electron chi connectivity index (χ2n) is 27.2. The zero-order chi connectivity index (χ0) is 71.8. The number of hydrogen-bond acceptors (Lipinski definition) is 11. The van der Waals surface area contributed by atoms with Crippen LogP contribution in [0.2, 0.25) is 0 Å². The average molecular weight is 1300 g/mol. The molecule has 0 radical (unpaired) electrons. The summed E-state index contributed by atoms with van der Waals surface area (Å²) in [5.41, 5.74) is 1.00. The van der Waals surface area contributed by atoms with Gasteiger partial charge in [0.2, 0.25) is 10.0 Å². The van der Waals surface area contributed by atoms with E-state index >= 15 is 0 Å². The number of rotatable bonds is 1. The summed E-state index contributed by atoms with van der Waals surface area (Å²) in [7, 11) is 0.605. The number of nitrogens with zero attached hydrogens (tertiary/aromatic N) is 10. The molecular formula is C68H154N10O8S2. The van der Waals surface area contributed by atoms with Gasteiger partial charge in [0.15, 0.2) is 0 Å². The van der Waals surface area contributed by atoms with Gasteiger partial charge in [-0.25, -0.2) is 17.5 Å². The fourth-order valence-electron chi connectivity index (χ4n) is 8.68. The lowest BCUT2D eigenvalue weighted by atomic mass is 9.91. The van der Waals surface area contributed by atoms with Crippen molar-refractivity contribution in [1.29, 1.82) is 0 Å². The molecule has 4 amide bonds. The SMILES string of the molecule is CC.CC.CC.CC.CC.CC.CC.CC(C)(C)C1CC1.CC(C)(C)N1CCCC1.CC(C)(C)N1CCOCC1.CC(C)N1CCN(C)S1(=O)=O.CN1CCN(C(C)(C)C)C(=O)C1=O.CN1CCN(C(C)(C)C)C1=O.CN1CCN(C(C)(C)C)CS1(=O)=O. The highest BCUT2D eigenvalue weighted by Gasteiger charge is 2.38. The quantitative estimate of drug-likeness (QED) is 0.230. The van der Waals surface area contributed by atoms with E-state index in [4.69, 9.17) is 4.74 Å². The molecular weight excluding hydrogens is 1150 g/mol. The summed E-state index contributed by atoms with van der Waals surface area (Å²) in [5.74, 6) is 0.405. The Balaban J connectivity index is -0.000000169. The van der Waals surface area contributed by atoms with E-state index in [0.717, 1.165) is 51.9 Å². The van der Waals surface area contributed by atoms with Crippen LogP contribution >= 0.6 is 0 Å². The first kappa shape index (κ1) is 99.4. The molecule has 18 nitrogen and oxygen atoms in total. The van der Waals surface area contributed by atoms with Crippen molar-refractivity contribution in [2.75, 3.05) is 126 Å². The molecule has 7 fully saturated rings.